The van der Waals surface area contributed by atoms with Gasteiger partial charge in [-0.3, -0.25) is 0 Å². The molecule has 108 valence electrons. The normalized spacial score (nSPS) is 22.9. The van der Waals surface area contributed by atoms with Crippen LogP contribution in [0.5, 0.6) is 0 Å². The fraction of sp³-hybridized carbons (Fsp3) is 0.200. The summed E-state index contributed by atoms with van der Waals surface area (Å²) in [6.07, 6.45) is 7.19. The van der Waals surface area contributed by atoms with Gasteiger partial charge in [0.1, 0.15) is 0 Å². The molecular weight excluding hydrogens is 304 g/mol. The molecule has 0 bridgehead atoms. The number of aryl methyl sites for hydroxylation is 1. The quantitative estimate of drug-likeness (QED) is 0.456. The van der Waals surface area contributed by atoms with E-state index in [9.17, 15) is 0 Å². The van der Waals surface area contributed by atoms with E-state index in [1.165, 1.54) is 41.8 Å². The molecule has 0 spiro atoms. The van der Waals surface area contributed by atoms with Gasteiger partial charge < -0.3 is 0 Å². The fourth-order valence-electron chi connectivity index (χ4n) is 3.86. The lowest BCUT2D eigenvalue weighted by Crippen LogP contribution is -2.12. The van der Waals surface area contributed by atoms with Gasteiger partial charge in [-0.15, -0.1) is 23.1 Å². The van der Waals surface area contributed by atoms with E-state index in [2.05, 4.69) is 62.4 Å². The van der Waals surface area contributed by atoms with Crippen LogP contribution < -0.4 is 0 Å². The molecule has 5 rings (SSSR count). The summed E-state index contributed by atoms with van der Waals surface area (Å²) in [7, 11) is 0. The minimum Gasteiger partial charge on any atom is -0.141 e. The third kappa shape index (κ3) is 1.71. The van der Waals surface area contributed by atoms with Gasteiger partial charge in [-0.05, 0) is 52.8 Å². The van der Waals surface area contributed by atoms with Gasteiger partial charge in [-0.2, -0.15) is 0 Å². The number of allylic oxidation sites excluding steroid dienone is 2. The lowest BCUT2D eigenvalue weighted by atomic mass is 9.83. The topological polar surface area (TPSA) is 0 Å². The second-order valence-corrected chi connectivity index (χ2v) is 8.95. The van der Waals surface area contributed by atoms with Crippen LogP contribution in [0.3, 0.4) is 0 Å². The molecule has 2 aliphatic rings. The summed E-state index contributed by atoms with van der Waals surface area (Å²) in [5.74, 6) is 0.550. The van der Waals surface area contributed by atoms with Crippen molar-refractivity contribution in [3.05, 3.63) is 63.4 Å². The van der Waals surface area contributed by atoms with Gasteiger partial charge in [0, 0.05) is 26.1 Å². The largest absolute Gasteiger partial charge is 0.141 e. The maximum atomic E-state index is 2.44. The molecule has 0 fully saturated rings. The summed E-state index contributed by atoms with van der Waals surface area (Å²) in [5.41, 5.74) is 2.92. The smallest absolute Gasteiger partial charge is 0.0378 e. The second kappa shape index (κ2) is 4.50. The van der Waals surface area contributed by atoms with Crippen molar-refractivity contribution in [2.24, 2.45) is 0 Å². The molecular formula is C20H16S2. The summed E-state index contributed by atoms with van der Waals surface area (Å²) in [6.45, 7) is 4.43. The van der Waals surface area contributed by atoms with E-state index in [0.717, 1.165) is 0 Å². The summed E-state index contributed by atoms with van der Waals surface area (Å²) in [5, 5.41) is 4.80. The van der Waals surface area contributed by atoms with E-state index in [4.69, 9.17) is 0 Å². The van der Waals surface area contributed by atoms with Crippen molar-refractivity contribution in [1.82, 2.24) is 0 Å². The van der Waals surface area contributed by atoms with Crippen molar-refractivity contribution in [3.63, 3.8) is 0 Å². The third-order valence-electron chi connectivity index (χ3n) is 4.80. The zero-order chi connectivity index (χ0) is 14.8. The lowest BCUT2D eigenvalue weighted by Gasteiger charge is -2.24. The Morgan fingerprint density at radius 3 is 2.73 bits per heavy atom. The Labute approximate surface area is 138 Å². The second-order valence-electron chi connectivity index (χ2n) is 6.24. The molecule has 2 heteroatoms. The van der Waals surface area contributed by atoms with Crippen LogP contribution in [-0.4, -0.2) is 5.25 Å². The Balaban J connectivity index is 1.84. The number of hydrogen-bond donors (Lipinski definition) is 0. The molecule has 0 saturated carbocycles. The van der Waals surface area contributed by atoms with Crippen LogP contribution in [0.1, 0.15) is 28.8 Å². The fourth-order valence-corrected chi connectivity index (χ4v) is 5.98. The Morgan fingerprint density at radius 1 is 0.955 bits per heavy atom. The predicted molar refractivity (Wildman–Crippen MR) is 101 cm³/mol. The first-order valence-electron chi connectivity index (χ1n) is 7.70. The van der Waals surface area contributed by atoms with Crippen LogP contribution in [0.4, 0.5) is 0 Å². The molecule has 0 nitrogen and oxygen atoms in total. The van der Waals surface area contributed by atoms with Crippen molar-refractivity contribution < 1.29 is 0 Å². The number of rotatable bonds is 0. The molecule has 2 atom stereocenters. The first kappa shape index (κ1) is 13.0. The molecule has 22 heavy (non-hydrogen) atoms. The molecule has 1 aliphatic carbocycles. The van der Waals surface area contributed by atoms with Gasteiger partial charge in [0.2, 0.25) is 0 Å². The minimum absolute atomic E-state index is 0.550. The van der Waals surface area contributed by atoms with E-state index in [1.807, 2.05) is 23.1 Å². The van der Waals surface area contributed by atoms with E-state index in [0.29, 0.717) is 11.2 Å². The summed E-state index contributed by atoms with van der Waals surface area (Å²) >= 11 is 3.89. The molecule has 2 heterocycles. The van der Waals surface area contributed by atoms with Crippen LogP contribution in [0.25, 0.3) is 26.9 Å². The summed E-state index contributed by atoms with van der Waals surface area (Å²) in [6, 6.07) is 11.6. The molecule has 0 saturated heterocycles. The highest BCUT2D eigenvalue weighted by Crippen LogP contribution is 2.48. The van der Waals surface area contributed by atoms with E-state index in [-0.39, 0.29) is 0 Å². The maximum Gasteiger partial charge on any atom is 0.0378 e. The van der Waals surface area contributed by atoms with Crippen molar-refractivity contribution in [1.29, 1.82) is 0 Å². The molecule has 0 radical (unpaired) electrons. The molecule has 0 amide bonds. The van der Waals surface area contributed by atoms with Crippen LogP contribution >= 0.6 is 23.1 Å². The highest BCUT2D eigenvalue weighted by Gasteiger charge is 2.30. The van der Waals surface area contributed by atoms with Crippen LogP contribution in [0.15, 0.2) is 47.4 Å². The maximum absolute atomic E-state index is 2.44. The number of hydrogen-bond acceptors (Lipinski definition) is 2. The third-order valence-corrected chi connectivity index (χ3v) is 7.04. The van der Waals surface area contributed by atoms with E-state index in [1.54, 1.807) is 0 Å². The van der Waals surface area contributed by atoms with Gasteiger partial charge in [0.25, 0.3) is 0 Å². The lowest BCUT2D eigenvalue weighted by molar-refractivity contribution is 0.886. The average molecular weight is 320 g/mol. The van der Waals surface area contributed by atoms with Gasteiger partial charge in [-0.25, -0.2) is 0 Å². The number of fused-ring (bicyclic) bond motifs is 7. The number of thioether (sulfide) groups is 1. The zero-order valence-corrected chi connectivity index (χ0v) is 14.2. The summed E-state index contributed by atoms with van der Waals surface area (Å²) in [4.78, 5) is 2.85. The number of thiophene rings is 1. The Kier molecular flexibility index (Phi) is 2.65. The van der Waals surface area contributed by atoms with Crippen LogP contribution in [-0.2, 0) is 0 Å². The highest BCUT2D eigenvalue weighted by molar-refractivity contribution is 8.04. The molecule has 0 N–H and O–H groups in total. The predicted octanol–water partition coefficient (Wildman–Crippen LogP) is 6.49. The Morgan fingerprint density at radius 2 is 1.82 bits per heavy atom. The van der Waals surface area contributed by atoms with Crippen LogP contribution in [0, 0.1) is 6.92 Å². The highest BCUT2D eigenvalue weighted by atomic mass is 32.2. The SMILES string of the molecule is CC1=CC2c3ccc4c(ccc5sc(C)cc54)c3C=CC2S1. The van der Waals surface area contributed by atoms with Crippen molar-refractivity contribution in [3.8, 4) is 0 Å². The summed E-state index contributed by atoms with van der Waals surface area (Å²) < 4.78 is 1.40. The van der Waals surface area contributed by atoms with Crippen LogP contribution in [0.2, 0.25) is 0 Å². The van der Waals surface area contributed by atoms with E-state index < -0.39 is 0 Å². The molecule has 2 unspecified atom stereocenters. The molecule has 1 aromatic heterocycles. The van der Waals surface area contributed by atoms with Crippen molar-refractivity contribution >= 4 is 50.0 Å². The average Bonchev–Trinajstić information content (AvgIpc) is 3.07. The van der Waals surface area contributed by atoms with Crippen molar-refractivity contribution in [2.45, 2.75) is 25.0 Å². The monoisotopic (exact) mass is 320 g/mol. The van der Waals surface area contributed by atoms with Gasteiger partial charge in [-0.1, -0.05) is 36.4 Å². The molecule has 1 aliphatic heterocycles. The zero-order valence-electron chi connectivity index (χ0n) is 12.6. The Bertz CT molecular complexity index is 988. The van der Waals surface area contributed by atoms with E-state index >= 15 is 0 Å². The minimum atomic E-state index is 0.550. The van der Waals surface area contributed by atoms with Crippen molar-refractivity contribution in [2.75, 3.05) is 0 Å². The molecule has 3 aromatic rings. The number of benzene rings is 2. The first-order chi connectivity index (χ1) is 10.7. The molecule has 2 aromatic carbocycles. The standard InChI is InChI=1S/C20H16S2/c1-11-9-17-15-3-4-16-14(13(15)5-7-19(17)21-11)6-8-20-18(16)10-12(2)22-20/h3-10,17,19H,1-2H3. The van der Waals surface area contributed by atoms with Gasteiger partial charge in [0.15, 0.2) is 0 Å². The van der Waals surface area contributed by atoms with Gasteiger partial charge >= 0.3 is 0 Å². The Hall–Kier alpha value is -1.51. The first-order valence-corrected chi connectivity index (χ1v) is 9.39. The van der Waals surface area contributed by atoms with Gasteiger partial charge in [0.05, 0.1) is 0 Å².